The van der Waals surface area contributed by atoms with Crippen molar-refractivity contribution in [3.05, 3.63) is 28.8 Å². The van der Waals surface area contributed by atoms with Crippen LogP contribution in [0.15, 0.2) is 18.2 Å². The first-order chi connectivity index (χ1) is 9.45. The third kappa shape index (κ3) is 4.71. The van der Waals surface area contributed by atoms with E-state index in [4.69, 9.17) is 21.4 Å². The third-order valence-electron chi connectivity index (χ3n) is 2.69. The first kappa shape index (κ1) is 16.3. The number of hydrogen-bond acceptors (Lipinski definition) is 3. The summed E-state index contributed by atoms with van der Waals surface area (Å²) >= 11 is 5.97. The summed E-state index contributed by atoms with van der Waals surface area (Å²) in [4.78, 5) is 24.0. The van der Waals surface area contributed by atoms with Crippen LogP contribution < -0.4 is 5.32 Å². The highest BCUT2D eigenvalue weighted by Gasteiger charge is 2.17. The highest BCUT2D eigenvalue weighted by atomic mass is 35.5. The molecule has 0 fully saturated rings. The van der Waals surface area contributed by atoms with Gasteiger partial charge in [-0.15, -0.1) is 0 Å². The molecule has 0 radical (unpaired) electrons. The second-order valence-corrected chi connectivity index (χ2v) is 4.56. The number of urea groups is 1. The van der Waals surface area contributed by atoms with Gasteiger partial charge in [0.2, 0.25) is 0 Å². The first-order valence-electron chi connectivity index (χ1n) is 5.97. The average molecular weight is 301 g/mol. The zero-order valence-electron chi connectivity index (χ0n) is 11.4. The van der Waals surface area contributed by atoms with Crippen LogP contribution in [0.2, 0.25) is 5.02 Å². The molecule has 0 saturated heterocycles. The molecule has 0 heterocycles. The lowest BCUT2D eigenvalue weighted by atomic mass is 10.2. The number of halogens is 1. The fourth-order valence-corrected chi connectivity index (χ4v) is 1.73. The number of carboxylic acid groups (broad SMARTS) is 1. The van der Waals surface area contributed by atoms with Crippen molar-refractivity contribution in [3.8, 4) is 0 Å². The van der Waals surface area contributed by atoms with Crippen molar-refractivity contribution >= 4 is 29.3 Å². The predicted octanol–water partition coefficient (Wildman–Crippen LogP) is 2.21. The van der Waals surface area contributed by atoms with Crippen LogP contribution in [-0.2, 0) is 9.53 Å². The number of nitrogens with one attached hydrogen (secondary N) is 1. The van der Waals surface area contributed by atoms with Crippen LogP contribution in [0.3, 0.4) is 0 Å². The van der Waals surface area contributed by atoms with E-state index < -0.39 is 18.5 Å². The molecule has 1 aromatic carbocycles. The lowest BCUT2D eigenvalue weighted by Gasteiger charge is -2.21. The van der Waals surface area contributed by atoms with Crippen LogP contribution in [0.5, 0.6) is 0 Å². The molecule has 0 aromatic heterocycles. The Labute approximate surface area is 122 Å². The molecule has 0 aliphatic heterocycles. The van der Waals surface area contributed by atoms with Gasteiger partial charge in [-0.25, -0.2) is 4.79 Å². The summed E-state index contributed by atoms with van der Waals surface area (Å²) in [6.45, 7) is 1.83. The largest absolute Gasteiger partial charge is 0.480 e. The van der Waals surface area contributed by atoms with Crippen molar-refractivity contribution in [2.45, 2.75) is 6.92 Å². The van der Waals surface area contributed by atoms with Crippen molar-refractivity contribution in [2.24, 2.45) is 0 Å². The number of amides is 2. The number of carboxylic acids is 1. The summed E-state index contributed by atoms with van der Waals surface area (Å²) < 4.78 is 4.86. The molecule has 0 saturated carbocycles. The molecular formula is C13H17ClN2O4. The molecule has 6 nitrogen and oxygen atoms in total. The van der Waals surface area contributed by atoms with Gasteiger partial charge in [-0.05, 0) is 24.6 Å². The molecule has 20 heavy (non-hydrogen) atoms. The number of aliphatic carboxylic acids is 1. The summed E-state index contributed by atoms with van der Waals surface area (Å²) in [7, 11) is 1.48. The molecule has 1 rings (SSSR count). The van der Waals surface area contributed by atoms with E-state index in [0.29, 0.717) is 10.7 Å². The van der Waals surface area contributed by atoms with Gasteiger partial charge in [0.25, 0.3) is 0 Å². The van der Waals surface area contributed by atoms with Crippen LogP contribution in [-0.4, -0.2) is 48.8 Å². The Morgan fingerprint density at radius 2 is 2.15 bits per heavy atom. The van der Waals surface area contributed by atoms with Gasteiger partial charge in [0.05, 0.1) is 6.61 Å². The normalized spacial score (nSPS) is 10.2. The Balaban J connectivity index is 2.79. The third-order valence-corrected chi connectivity index (χ3v) is 3.10. The molecule has 0 atom stereocenters. The van der Waals surface area contributed by atoms with Crippen molar-refractivity contribution in [1.29, 1.82) is 0 Å². The van der Waals surface area contributed by atoms with Gasteiger partial charge >= 0.3 is 12.0 Å². The Morgan fingerprint density at radius 1 is 1.45 bits per heavy atom. The molecule has 0 aliphatic carbocycles. The Hall–Kier alpha value is -1.79. The minimum Gasteiger partial charge on any atom is -0.480 e. The topological polar surface area (TPSA) is 78.9 Å². The zero-order valence-corrected chi connectivity index (χ0v) is 12.1. The predicted molar refractivity (Wildman–Crippen MR) is 76.3 cm³/mol. The minimum atomic E-state index is -1.08. The van der Waals surface area contributed by atoms with Gasteiger partial charge in [0, 0.05) is 24.4 Å². The van der Waals surface area contributed by atoms with E-state index in [1.54, 1.807) is 25.1 Å². The van der Waals surface area contributed by atoms with E-state index in [2.05, 4.69) is 5.32 Å². The molecule has 0 unspecified atom stereocenters. The fourth-order valence-electron chi connectivity index (χ4n) is 1.55. The second-order valence-electron chi connectivity index (χ2n) is 4.15. The molecule has 1 aromatic rings. The summed E-state index contributed by atoms with van der Waals surface area (Å²) in [5, 5.41) is 12.0. The Kier molecular flexibility index (Phi) is 6.27. The van der Waals surface area contributed by atoms with E-state index >= 15 is 0 Å². The SMILES string of the molecule is COCCN(CC(=O)O)C(=O)Nc1cccc(Cl)c1C. The van der Waals surface area contributed by atoms with E-state index in [1.165, 1.54) is 7.11 Å². The van der Waals surface area contributed by atoms with E-state index in [0.717, 1.165) is 10.5 Å². The first-order valence-corrected chi connectivity index (χ1v) is 6.35. The number of anilines is 1. The highest BCUT2D eigenvalue weighted by Crippen LogP contribution is 2.23. The number of methoxy groups -OCH3 is 1. The van der Waals surface area contributed by atoms with Crippen LogP contribution in [0.25, 0.3) is 0 Å². The van der Waals surface area contributed by atoms with Gasteiger partial charge in [-0.1, -0.05) is 17.7 Å². The van der Waals surface area contributed by atoms with Crippen LogP contribution >= 0.6 is 11.6 Å². The lowest BCUT2D eigenvalue weighted by Crippen LogP contribution is -2.40. The van der Waals surface area contributed by atoms with Gasteiger partial charge < -0.3 is 20.1 Å². The number of nitrogens with zero attached hydrogens (tertiary/aromatic N) is 1. The fraction of sp³-hybridized carbons (Fsp3) is 0.385. The standard InChI is InChI=1S/C13H17ClN2O4/c1-9-10(14)4-3-5-11(9)15-13(19)16(6-7-20-2)8-12(17)18/h3-5H,6-8H2,1-2H3,(H,15,19)(H,17,18). The van der Waals surface area contributed by atoms with E-state index in [9.17, 15) is 9.59 Å². The summed E-state index contributed by atoms with van der Waals surface area (Å²) in [6.07, 6.45) is 0. The lowest BCUT2D eigenvalue weighted by molar-refractivity contribution is -0.137. The maximum Gasteiger partial charge on any atom is 0.323 e. The van der Waals surface area contributed by atoms with Crippen molar-refractivity contribution in [2.75, 3.05) is 32.1 Å². The monoisotopic (exact) mass is 300 g/mol. The van der Waals surface area contributed by atoms with Gasteiger partial charge in [-0.3, -0.25) is 4.79 Å². The maximum atomic E-state index is 12.1. The summed E-state index contributed by atoms with van der Waals surface area (Å²) in [6, 6.07) is 4.62. The second kappa shape index (κ2) is 7.72. The number of hydrogen-bond donors (Lipinski definition) is 2. The number of ether oxygens (including phenoxy) is 1. The zero-order chi connectivity index (χ0) is 15.1. The quantitative estimate of drug-likeness (QED) is 0.844. The molecule has 2 amide bonds. The van der Waals surface area contributed by atoms with Crippen molar-refractivity contribution in [3.63, 3.8) is 0 Å². The highest BCUT2D eigenvalue weighted by molar-refractivity contribution is 6.31. The Morgan fingerprint density at radius 3 is 2.75 bits per heavy atom. The molecular weight excluding hydrogens is 284 g/mol. The molecule has 0 spiro atoms. The van der Waals surface area contributed by atoms with Crippen LogP contribution in [0.4, 0.5) is 10.5 Å². The Bertz CT molecular complexity index is 493. The molecule has 7 heteroatoms. The average Bonchev–Trinajstić information content (AvgIpc) is 2.39. The molecule has 0 bridgehead atoms. The minimum absolute atomic E-state index is 0.189. The smallest absolute Gasteiger partial charge is 0.323 e. The van der Waals surface area contributed by atoms with Gasteiger partial charge in [0.1, 0.15) is 6.54 Å². The van der Waals surface area contributed by atoms with Crippen LogP contribution in [0, 0.1) is 6.92 Å². The molecule has 2 N–H and O–H groups in total. The van der Waals surface area contributed by atoms with Gasteiger partial charge in [-0.2, -0.15) is 0 Å². The van der Waals surface area contributed by atoms with E-state index in [-0.39, 0.29) is 13.2 Å². The summed E-state index contributed by atoms with van der Waals surface area (Å²) in [5.41, 5.74) is 1.28. The molecule has 110 valence electrons. The molecule has 0 aliphatic rings. The number of rotatable bonds is 6. The van der Waals surface area contributed by atoms with E-state index in [1.807, 2.05) is 0 Å². The maximum absolute atomic E-state index is 12.1. The number of carbonyl (C=O) groups is 2. The number of carbonyl (C=O) groups excluding carboxylic acids is 1. The summed E-state index contributed by atoms with van der Waals surface area (Å²) in [5.74, 6) is -1.08. The van der Waals surface area contributed by atoms with Gasteiger partial charge in [0.15, 0.2) is 0 Å². The van der Waals surface area contributed by atoms with Crippen molar-refractivity contribution in [1.82, 2.24) is 4.90 Å². The van der Waals surface area contributed by atoms with Crippen molar-refractivity contribution < 1.29 is 19.4 Å². The van der Waals surface area contributed by atoms with Crippen LogP contribution in [0.1, 0.15) is 5.56 Å². The number of benzene rings is 1.